The predicted molar refractivity (Wildman–Crippen MR) is 76.7 cm³/mol. The Balaban J connectivity index is 1.90. The quantitative estimate of drug-likeness (QED) is 0.575. The van der Waals surface area contributed by atoms with Crippen LogP contribution in [-0.4, -0.2) is 30.6 Å². The fourth-order valence-electron chi connectivity index (χ4n) is 2.25. The second-order valence-corrected chi connectivity index (χ2v) is 4.52. The first-order chi connectivity index (χ1) is 10.9. The lowest BCUT2D eigenvalue weighted by Crippen LogP contribution is -1.99. The van der Waals surface area contributed by atoms with Crippen molar-refractivity contribution in [2.24, 2.45) is 0 Å². The van der Waals surface area contributed by atoms with Crippen molar-refractivity contribution in [3.8, 4) is 28.3 Å². The topological polar surface area (TPSA) is 82.5 Å². The highest BCUT2D eigenvalue weighted by Gasteiger charge is 2.18. The molecule has 7 nitrogen and oxygen atoms in total. The van der Waals surface area contributed by atoms with Crippen molar-refractivity contribution in [1.29, 1.82) is 0 Å². The van der Waals surface area contributed by atoms with E-state index in [0.29, 0.717) is 11.5 Å². The molecule has 105 valence electrons. The maximum Gasteiger partial charge on any atom is 0.226 e. The van der Waals surface area contributed by atoms with E-state index in [9.17, 15) is 0 Å². The van der Waals surface area contributed by atoms with E-state index in [1.54, 1.807) is 0 Å². The summed E-state index contributed by atoms with van der Waals surface area (Å²) in [5, 5.41) is 18.9. The highest BCUT2D eigenvalue weighted by Crippen LogP contribution is 2.32. The fourth-order valence-corrected chi connectivity index (χ4v) is 2.25. The van der Waals surface area contributed by atoms with Crippen LogP contribution < -0.4 is 0 Å². The number of tetrazole rings is 1. The van der Waals surface area contributed by atoms with Gasteiger partial charge in [0.1, 0.15) is 5.69 Å². The zero-order valence-electron chi connectivity index (χ0n) is 11.3. The van der Waals surface area contributed by atoms with Crippen LogP contribution in [0.25, 0.3) is 28.3 Å². The number of nitrogens with zero attached hydrogens (tertiary/aromatic N) is 6. The van der Waals surface area contributed by atoms with Crippen LogP contribution in [0, 0.1) is 6.33 Å². The monoisotopic (exact) mass is 289 g/mol. The average molecular weight is 289 g/mol. The number of rotatable bonds is 3. The zero-order valence-corrected chi connectivity index (χ0v) is 11.3. The number of aromatic nitrogens is 6. The van der Waals surface area contributed by atoms with Crippen LogP contribution in [0.3, 0.4) is 0 Å². The molecule has 0 aliphatic heterocycles. The fraction of sp³-hybridized carbons (Fsp3) is 0. The number of para-hydroxylation sites is 1. The van der Waals surface area contributed by atoms with E-state index in [-0.39, 0.29) is 0 Å². The first-order valence-corrected chi connectivity index (χ1v) is 6.57. The molecule has 0 fully saturated rings. The molecule has 22 heavy (non-hydrogen) atoms. The van der Waals surface area contributed by atoms with E-state index < -0.39 is 0 Å². The van der Waals surface area contributed by atoms with Crippen molar-refractivity contribution in [3.63, 3.8) is 0 Å². The minimum absolute atomic E-state index is 0.598. The molecular formula is C15H9N6O. The summed E-state index contributed by atoms with van der Waals surface area (Å²) < 4.78 is 6.80. The van der Waals surface area contributed by atoms with Crippen LogP contribution >= 0.6 is 0 Å². The zero-order chi connectivity index (χ0) is 14.8. The third kappa shape index (κ3) is 2.05. The van der Waals surface area contributed by atoms with Crippen LogP contribution in [0.2, 0.25) is 0 Å². The molecule has 0 atom stereocenters. The summed E-state index contributed by atoms with van der Waals surface area (Å²) in [5.74, 6) is 0.598. The van der Waals surface area contributed by atoms with E-state index >= 15 is 0 Å². The summed E-state index contributed by atoms with van der Waals surface area (Å²) in [6.45, 7) is 0. The standard InChI is InChI=1S/C15H9N6O/c1-2-6-11(7-3-1)15-14(17-20-22-15)12-8-4-5-9-13(12)21-10-16-18-19-21/h1-9H. The molecule has 0 unspecified atom stereocenters. The Morgan fingerprint density at radius 3 is 2.59 bits per heavy atom. The Hall–Kier alpha value is -3.35. The number of hydrogen-bond acceptors (Lipinski definition) is 6. The molecule has 1 radical (unpaired) electrons. The maximum atomic E-state index is 5.35. The Kier molecular flexibility index (Phi) is 2.93. The highest BCUT2D eigenvalue weighted by molar-refractivity contribution is 5.80. The molecule has 0 amide bonds. The van der Waals surface area contributed by atoms with Crippen molar-refractivity contribution in [3.05, 3.63) is 60.9 Å². The van der Waals surface area contributed by atoms with Gasteiger partial charge in [-0.1, -0.05) is 48.5 Å². The van der Waals surface area contributed by atoms with E-state index in [1.165, 1.54) is 4.68 Å². The molecule has 2 aromatic carbocycles. The first-order valence-electron chi connectivity index (χ1n) is 6.57. The van der Waals surface area contributed by atoms with Gasteiger partial charge in [0.25, 0.3) is 0 Å². The van der Waals surface area contributed by atoms with Gasteiger partial charge < -0.3 is 4.52 Å². The van der Waals surface area contributed by atoms with Crippen molar-refractivity contribution in [2.75, 3.05) is 0 Å². The number of hydrogen-bond donors (Lipinski definition) is 0. The molecular weight excluding hydrogens is 280 g/mol. The Morgan fingerprint density at radius 1 is 0.955 bits per heavy atom. The smallest absolute Gasteiger partial charge is 0.226 e. The first kappa shape index (κ1) is 12.4. The minimum Gasteiger partial charge on any atom is -0.336 e. The molecule has 0 spiro atoms. The van der Waals surface area contributed by atoms with E-state index in [1.807, 2.05) is 54.6 Å². The molecule has 0 aliphatic rings. The largest absolute Gasteiger partial charge is 0.336 e. The van der Waals surface area contributed by atoms with Gasteiger partial charge in [-0.25, -0.2) is 0 Å². The Labute approximate surface area is 125 Å². The van der Waals surface area contributed by atoms with Crippen LogP contribution in [0.5, 0.6) is 0 Å². The molecule has 4 aromatic rings. The van der Waals surface area contributed by atoms with Gasteiger partial charge in [-0.05, 0) is 16.5 Å². The molecule has 0 saturated carbocycles. The SMILES string of the molecule is [c]1nnnn1-c1ccccc1-c1nnoc1-c1ccccc1. The van der Waals surface area contributed by atoms with Gasteiger partial charge in [-0.15, -0.1) is 10.2 Å². The van der Waals surface area contributed by atoms with Gasteiger partial charge in [-0.2, -0.15) is 4.68 Å². The average Bonchev–Trinajstić information content (AvgIpc) is 3.27. The van der Waals surface area contributed by atoms with Gasteiger partial charge in [-0.3, -0.25) is 0 Å². The Morgan fingerprint density at radius 2 is 1.77 bits per heavy atom. The molecule has 7 heteroatoms. The lowest BCUT2D eigenvalue weighted by Gasteiger charge is -2.06. The van der Waals surface area contributed by atoms with Crippen LogP contribution in [-0.2, 0) is 0 Å². The highest BCUT2D eigenvalue weighted by atomic mass is 16.5. The molecule has 4 rings (SSSR count). The summed E-state index contributed by atoms with van der Waals surface area (Å²) >= 11 is 0. The van der Waals surface area contributed by atoms with Crippen LogP contribution in [0.1, 0.15) is 0 Å². The van der Waals surface area contributed by atoms with Crippen molar-refractivity contribution in [1.82, 2.24) is 30.6 Å². The van der Waals surface area contributed by atoms with Crippen molar-refractivity contribution in [2.45, 2.75) is 0 Å². The van der Waals surface area contributed by atoms with Crippen LogP contribution in [0.4, 0.5) is 0 Å². The summed E-state index contributed by atoms with van der Waals surface area (Å²) in [6.07, 6.45) is 2.68. The molecule has 2 aromatic heterocycles. The molecule has 0 N–H and O–H groups in total. The minimum atomic E-state index is 0.598. The van der Waals surface area contributed by atoms with Gasteiger partial charge >= 0.3 is 0 Å². The normalized spacial score (nSPS) is 10.7. The van der Waals surface area contributed by atoms with Gasteiger partial charge in [0.05, 0.1) is 5.69 Å². The maximum absolute atomic E-state index is 5.35. The second kappa shape index (κ2) is 5.21. The van der Waals surface area contributed by atoms with Gasteiger partial charge in [0.15, 0.2) is 5.76 Å². The van der Waals surface area contributed by atoms with Crippen molar-refractivity contribution >= 4 is 0 Å². The third-order valence-electron chi connectivity index (χ3n) is 3.22. The molecule has 0 bridgehead atoms. The summed E-state index contributed by atoms with van der Waals surface area (Å²) in [4.78, 5) is 0. The van der Waals surface area contributed by atoms with Gasteiger partial charge in [0, 0.05) is 16.4 Å². The van der Waals surface area contributed by atoms with Gasteiger partial charge in [0.2, 0.25) is 6.33 Å². The number of benzene rings is 2. The third-order valence-corrected chi connectivity index (χ3v) is 3.22. The molecule has 0 aliphatic carbocycles. The lowest BCUT2D eigenvalue weighted by atomic mass is 10.0. The summed E-state index contributed by atoms with van der Waals surface area (Å²) in [5.41, 5.74) is 3.09. The molecule has 0 saturated heterocycles. The molecule has 2 heterocycles. The lowest BCUT2D eigenvalue weighted by molar-refractivity contribution is 0.403. The summed E-state index contributed by atoms with van der Waals surface area (Å²) in [6, 6.07) is 17.3. The Bertz CT molecular complexity index is 885. The van der Waals surface area contributed by atoms with E-state index in [4.69, 9.17) is 4.52 Å². The predicted octanol–water partition coefficient (Wildman–Crippen LogP) is 2.18. The second-order valence-electron chi connectivity index (χ2n) is 4.52. The van der Waals surface area contributed by atoms with E-state index in [0.717, 1.165) is 16.8 Å². The van der Waals surface area contributed by atoms with Crippen LogP contribution in [0.15, 0.2) is 59.1 Å². The summed E-state index contributed by atoms with van der Waals surface area (Å²) in [7, 11) is 0. The van der Waals surface area contributed by atoms with E-state index in [2.05, 4.69) is 32.2 Å². The van der Waals surface area contributed by atoms with Crippen molar-refractivity contribution < 1.29 is 4.52 Å².